The van der Waals surface area contributed by atoms with E-state index in [4.69, 9.17) is 0 Å². The first kappa shape index (κ1) is 14.6. The molecule has 3 heterocycles. The molecular formula is C15H26N4O2. The van der Waals surface area contributed by atoms with E-state index in [9.17, 15) is 9.59 Å². The fraction of sp³-hybridized carbons (Fsp3) is 0.867. The molecule has 1 spiro atoms. The first-order valence-electron chi connectivity index (χ1n) is 8.32. The first-order valence-corrected chi connectivity index (χ1v) is 8.32. The number of nitrogens with zero attached hydrogens (tertiary/aromatic N) is 4. The third kappa shape index (κ3) is 1.95. The van der Waals surface area contributed by atoms with Crippen LogP contribution in [0.25, 0.3) is 0 Å². The Morgan fingerprint density at radius 2 is 1.67 bits per heavy atom. The average molecular weight is 294 g/mol. The lowest BCUT2D eigenvalue weighted by Crippen LogP contribution is -2.80. The highest BCUT2D eigenvalue weighted by Gasteiger charge is 2.58. The molecule has 118 valence electrons. The van der Waals surface area contributed by atoms with Crippen LogP contribution in [0.4, 0.5) is 9.59 Å². The van der Waals surface area contributed by atoms with Crippen LogP contribution in [0.5, 0.6) is 0 Å². The lowest BCUT2D eigenvalue weighted by atomic mass is 10.0. The van der Waals surface area contributed by atoms with Crippen molar-refractivity contribution in [2.75, 3.05) is 32.7 Å². The molecule has 0 aromatic rings. The molecule has 4 amide bonds. The number of urea groups is 2. The molecule has 3 rings (SSSR count). The van der Waals surface area contributed by atoms with Gasteiger partial charge in [-0.25, -0.2) is 14.5 Å². The summed E-state index contributed by atoms with van der Waals surface area (Å²) in [7, 11) is 0. The Kier molecular flexibility index (Phi) is 3.82. The van der Waals surface area contributed by atoms with Crippen molar-refractivity contribution in [2.45, 2.75) is 51.7 Å². The third-order valence-electron chi connectivity index (χ3n) is 5.18. The smallest absolute Gasteiger partial charge is 0.288 e. The van der Waals surface area contributed by atoms with Crippen molar-refractivity contribution in [2.24, 2.45) is 0 Å². The van der Waals surface area contributed by atoms with Crippen LogP contribution in [-0.4, -0.2) is 70.2 Å². The van der Waals surface area contributed by atoms with Crippen molar-refractivity contribution < 1.29 is 9.59 Å². The van der Waals surface area contributed by atoms with Crippen molar-refractivity contribution in [3.63, 3.8) is 0 Å². The van der Waals surface area contributed by atoms with Crippen molar-refractivity contribution in [1.29, 1.82) is 0 Å². The van der Waals surface area contributed by atoms with Crippen LogP contribution in [0.2, 0.25) is 0 Å². The monoisotopic (exact) mass is 294 g/mol. The summed E-state index contributed by atoms with van der Waals surface area (Å²) in [6, 6.07) is -0.214. The molecule has 6 heteroatoms. The summed E-state index contributed by atoms with van der Waals surface area (Å²) >= 11 is 0. The van der Waals surface area contributed by atoms with Crippen LogP contribution < -0.4 is 0 Å². The maximum absolute atomic E-state index is 12.8. The molecule has 0 N–H and O–H groups in total. The Hall–Kier alpha value is -1.30. The van der Waals surface area contributed by atoms with Gasteiger partial charge in [0.05, 0.1) is 0 Å². The summed E-state index contributed by atoms with van der Waals surface area (Å²) < 4.78 is 0. The standard InChI is InChI=1S/C15H26N4O2/c1-3-17-13(20)18(4-2)15-9-6-5-7-10-16(15)11-8-12-19(15)14(17)21/h3-12H2,1-2H3. The molecule has 3 saturated heterocycles. The molecule has 0 aromatic heterocycles. The number of rotatable bonds is 2. The van der Waals surface area contributed by atoms with Crippen LogP contribution >= 0.6 is 0 Å². The van der Waals surface area contributed by atoms with Gasteiger partial charge in [-0.2, -0.15) is 0 Å². The third-order valence-corrected chi connectivity index (χ3v) is 5.18. The number of imide groups is 1. The van der Waals surface area contributed by atoms with E-state index >= 15 is 0 Å². The predicted octanol–water partition coefficient (Wildman–Crippen LogP) is 2.12. The second kappa shape index (κ2) is 5.48. The van der Waals surface area contributed by atoms with Crippen molar-refractivity contribution in [3.8, 4) is 0 Å². The molecule has 21 heavy (non-hydrogen) atoms. The minimum atomic E-state index is -0.497. The number of hydrogen-bond acceptors (Lipinski definition) is 3. The summed E-state index contributed by atoms with van der Waals surface area (Å²) in [5, 5.41) is 0. The quantitative estimate of drug-likeness (QED) is 0.784. The van der Waals surface area contributed by atoms with Gasteiger partial charge in [0, 0.05) is 39.1 Å². The normalized spacial score (nSPS) is 31.0. The van der Waals surface area contributed by atoms with E-state index < -0.39 is 5.79 Å². The van der Waals surface area contributed by atoms with Crippen LogP contribution in [0, 0.1) is 0 Å². The van der Waals surface area contributed by atoms with Gasteiger partial charge in [0.1, 0.15) is 0 Å². The molecule has 1 unspecified atom stereocenters. The average Bonchev–Trinajstić information content (AvgIpc) is 2.70. The molecule has 0 aromatic carbocycles. The summed E-state index contributed by atoms with van der Waals surface area (Å²) in [4.78, 5) is 33.3. The Bertz CT molecular complexity index is 421. The van der Waals surface area contributed by atoms with Crippen molar-refractivity contribution in [1.82, 2.24) is 19.6 Å². The second-order valence-electron chi connectivity index (χ2n) is 6.13. The zero-order valence-electron chi connectivity index (χ0n) is 13.2. The molecule has 0 bridgehead atoms. The zero-order valence-corrected chi connectivity index (χ0v) is 13.2. The number of hydrogen-bond donors (Lipinski definition) is 0. The van der Waals surface area contributed by atoms with E-state index in [-0.39, 0.29) is 12.1 Å². The molecule has 6 nitrogen and oxygen atoms in total. The fourth-order valence-electron chi connectivity index (χ4n) is 4.26. The highest BCUT2D eigenvalue weighted by Crippen LogP contribution is 2.40. The largest absolute Gasteiger partial charge is 0.331 e. The Morgan fingerprint density at radius 3 is 2.38 bits per heavy atom. The van der Waals surface area contributed by atoms with Gasteiger partial charge in [0.15, 0.2) is 5.79 Å². The van der Waals surface area contributed by atoms with Crippen LogP contribution in [-0.2, 0) is 0 Å². The first-order chi connectivity index (χ1) is 10.2. The van der Waals surface area contributed by atoms with Crippen LogP contribution in [0.15, 0.2) is 0 Å². The zero-order chi connectivity index (χ0) is 15.0. The van der Waals surface area contributed by atoms with E-state index in [1.54, 1.807) is 0 Å². The van der Waals surface area contributed by atoms with Gasteiger partial charge >= 0.3 is 12.1 Å². The van der Waals surface area contributed by atoms with Crippen molar-refractivity contribution in [3.05, 3.63) is 0 Å². The second-order valence-corrected chi connectivity index (χ2v) is 6.13. The maximum atomic E-state index is 12.8. The summed E-state index contributed by atoms with van der Waals surface area (Å²) in [6.07, 6.45) is 5.30. The van der Waals surface area contributed by atoms with Gasteiger partial charge in [-0.05, 0) is 33.1 Å². The molecule has 3 aliphatic rings. The van der Waals surface area contributed by atoms with Crippen LogP contribution in [0.3, 0.4) is 0 Å². The van der Waals surface area contributed by atoms with E-state index in [1.807, 2.05) is 23.6 Å². The van der Waals surface area contributed by atoms with Gasteiger partial charge in [-0.1, -0.05) is 6.42 Å². The number of carbonyl (C=O) groups is 2. The fourth-order valence-corrected chi connectivity index (χ4v) is 4.26. The molecule has 0 radical (unpaired) electrons. The molecule has 0 saturated carbocycles. The molecule has 0 aliphatic carbocycles. The highest BCUT2D eigenvalue weighted by molar-refractivity contribution is 5.96. The summed E-state index contributed by atoms with van der Waals surface area (Å²) in [5.74, 6) is -0.497. The Morgan fingerprint density at radius 1 is 0.905 bits per heavy atom. The lowest BCUT2D eigenvalue weighted by molar-refractivity contribution is -0.167. The maximum Gasteiger partial charge on any atom is 0.331 e. The molecule has 3 fully saturated rings. The molecule has 3 aliphatic heterocycles. The number of amides is 4. The van der Waals surface area contributed by atoms with Crippen molar-refractivity contribution >= 4 is 12.1 Å². The van der Waals surface area contributed by atoms with Crippen LogP contribution in [0.1, 0.15) is 46.0 Å². The minimum Gasteiger partial charge on any atom is -0.288 e. The van der Waals surface area contributed by atoms with Gasteiger partial charge in [-0.15, -0.1) is 0 Å². The minimum absolute atomic E-state index is 0.0983. The summed E-state index contributed by atoms with van der Waals surface area (Å²) in [6.45, 7) is 7.72. The van der Waals surface area contributed by atoms with Gasteiger partial charge in [0.25, 0.3) is 0 Å². The Labute approximate surface area is 126 Å². The van der Waals surface area contributed by atoms with E-state index in [0.717, 1.165) is 45.3 Å². The molecule has 1 atom stereocenters. The predicted molar refractivity (Wildman–Crippen MR) is 79.6 cm³/mol. The van der Waals surface area contributed by atoms with E-state index in [1.165, 1.54) is 11.3 Å². The highest BCUT2D eigenvalue weighted by atomic mass is 16.2. The Balaban J connectivity index is 2.07. The summed E-state index contributed by atoms with van der Waals surface area (Å²) in [5.41, 5.74) is 0. The van der Waals surface area contributed by atoms with Gasteiger partial charge in [-0.3, -0.25) is 14.7 Å². The van der Waals surface area contributed by atoms with Gasteiger partial charge < -0.3 is 0 Å². The van der Waals surface area contributed by atoms with Gasteiger partial charge in [0.2, 0.25) is 0 Å². The molecular weight excluding hydrogens is 268 g/mol. The lowest BCUT2D eigenvalue weighted by Gasteiger charge is -2.61. The van der Waals surface area contributed by atoms with E-state index in [2.05, 4.69) is 4.90 Å². The van der Waals surface area contributed by atoms with E-state index in [0.29, 0.717) is 13.1 Å². The SMILES string of the molecule is CCN1C(=O)N(CC)C23CCCCCN2CCCN3C1=O. The topological polar surface area (TPSA) is 47.1 Å². The number of carbonyl (C=O) groups excluding carboxylic acids is 2.